The van der Waals surface area contributed by atoms with Crippen LogP contribution in [0.2, 0.25) is 10.0 Å². The van der Waals surface area contributed by atoms with Crippen molar-refractivity contribution in [2.75, 3.05) is 10.6 Å². The van der Waals surface area contributed by atoms with Crippen LogP contribution in [0.4, 0.5) is 21.9 Å². The highest BCUT2D eigenvalue weighted by molar-refractivity contribution is 6.35. The number of nitro groups is 1. The number of nitrogens with one attached hydrogen (secondary N) is 2. The van der Waals surface area contributed by atoms with Gasteiger partial charge in [0.25, 0.3) is 5.91 Å². The Labute approximate surface area is 211 Å². The van der Waals surface area contributed by atoms with E-state index in [1.54, 1.807) is 32.9 Å². The fourth-order valence-corrected chi connectivity index (χ4v) is 3.39. The summed E-state index contributed by atoms with van der Waals surface area (Å²) in [6.45, 7) is 5.25. The van der Waals surface area contributed by atoms with Gasteiger partial charge in [-0.25, -0.2) is 4.79 Å². The summed E-state index contributed by atoms with van der Waals surface area (Å²) in [6, 6.07) is 14.5. The van der Waals surface area contributed by atoms with E-state index in [0.717, 1.165) is 0 Å². The van der Waals surface area contributed by atoms with E-state index in [2.05, 4.69) is 10.6 Å². The summed E-state index contributed by atoms with van der Waals surface area (Å²) in [5.74, 6) is -0.273. The first-order chi connectivity index (χ1) is 16.4. The van der Waals surface area contributed by atoms with Crippen molar-refractivity contribution in [3.8, 4) is 11.5 Å². The van der Waals surface area contributed by atoms with Gasteiger partial charge in [-0.15, -0.1) is 0 Å². The average Bonchev–Trinajstić information content (AvgIpc) is 2.74. The molecule has 0 fully saturated rings. The fourth-order valence-electron chi connectivity index (χ4n) is 2.87. The van der Waals surface area contributed by atoms with Crippen LogP contribution in [-0.4, -0.2) is 22.5 Å². The number of benzene rings is 3. The Morgan fingerprint density at radius 3 is 2.06 bits per heavy atom. The molecule has 3 aromatic rings. The Bertz CT molecular complexity index is 1250. The van der Waals surface area contributed by atoms with Gasteiger partial charge in [-0.05, 0) is 75.4 Å². The first kappa shape index (κ1) is 25.8. The summed E-state index contributed by atoms with van der Waals surface area (Å²) < 4.78 is 10.8. The monoisotopic (exact) mass is 517 g/mol. The molecule has 0 aliphatic heterocycles. The van der Waals surface area contributed by atoms with Gasteiger partial charge in [-0.3, -0.25) is 20.2 Å². The Hall–Kier alpha value is -3.82. The first-order valence-electron chi connectivity index (χ1n) is 10.2. The lowest BCUT2D eigenvalue weighted by Crippen LogP contribution is -2.27. The van der Waals surface area contributed by atoms with Crippen LogP contribution in [0.3, 0.4) is 0 Å². The van der Waals surface area contributed by atoms with E-state index in [-0.39, 0.29) is 32.7 Å². The number of nitro benzene ring substituents is 1. The van der Waals surface area contributed by atoms with E-state index < -0.39 is 22.5 Å². The zero-order valence-electron chi connectivity index (χ0n) is 18.9. The van der Waals surface area contributed by atoms with Crippen molar-refractivity contribution >= 4 is 52.3 Å². The third-order valence-corrected chi connectivity index (χ3v) is 4.70. The van der Waals surface area contributed by atoms with E-state index in [4.69, 9.17) is 32.7 Å². The molecule has 0 radical (unpaired) electrons. The molecule has 9 nitrogen and oxygen atoms in total. The van der Waals surface area contributed by atoms with Gasteiger partial charge in [-0.1, -0.05) is 23.2 Å². The molecular weight excluding hydrogens is 497 g/mol. The smallest absolute Gasteiger partial charge is 0.412 e. The third-order valence-electron chi connectivity index (χ3n) is 4.27. The Balaban J connectivity index is 1.73. The van der Waals surface area contributed by atoms with Gasteiger partial charge in [0.15, 0.2) is 0 Å². The van der Waals surface area contributed by atoms with Crippen molar-refractivity contribution in [2.45, 2.75) is 26.4 Å². The van der Waals surface area contributed by atoms with E-state index in [1.807, 2.05) is 0 Å². The quantitative estimate of drug-likeness (QED) is 0.261. The predicted molar refractivity (Wildman–Crippen MR) is 134 cm³/mol. The van der Waals surface area contributed by atoms with Crippen molar-refractivity contribution in [2.24, 2.45) is 0 Å². The van der Waals surface area contributed by atoms with Crippen molar-refractivity contribution in [3.63, 3.8) is 0 Å². The summed E-state index contributed by atoms with van der Waals surface area (Å²) >= 11 is 11.8. The summed E-state index contributed by atoms with van der Waals surface area (Å²) in [4.78, 5) is 35.4. The SMILES string of the molecule is CC(C)(C)OC(=O)Nc1ccc(Oc2ccc(NC(=O)c3cc(Cl)cc(Cl)c3)cc2[N+](=O)[O-])cc1. The summed E-state index contributed by atoms with van der Waals surface area (Å²) in [5.41, 5.74) is -0.158. The topological polar surface area (TPSA) is 120 Å². The second kappa shape index (κ2) is 10.6. The average molecular weight is 518 g/mol. The number of rotatable bonds is 6. The molecule has 11 heteroatoms. The standard InChI is InChI=1S/C24H21Cl2N3O6/c1-24(2,3)35-23(31)28-17-4-7-19(8-5-17)34-21-9-6-18(13-20(21)29(32)33)27-22(30)14-10-15(25)12-16(26)11-14/h4-13H,1-3H3,(H,27,30)(H,28,31). The molecule has 0 saturated heterocycles. The van der Waals surface area contributed by atoms with Gasteiger partial charge < -0.3 is 14.8 Å². The van der Waals surface area contributed by atoms with E-state index in [9.17, 15) is 19.7 Å². The van der Waals surface area contributed by atoms with E-state index >= 15 is 0 Å². The zero-order chi connectivity index (χ0) is 25.8. The van der Waals surface area contributed by atoms with Crippen molar-refractivity contribution < 1.29 is 24.0 Å². The van der Waals surface area contributed by atoms with Crippen LogP contribution in [-0.2, 0) is 4.74 Å². The third kappa shape index (κ3) is 7.59. The molecule has 0 heterocycles. The lowest BCUT2D eigenvalue weighted by molar-refractivity contribution is -0.385. The van der Waals surface area contributed by atoms with Crippen LogP contribution in [0.25, 0.3) is 0 Å². The normalized spacial score (nSPS) is 10.9. The molecule has 0 atom stereocenters. The van der Waals surface area contributed by atoms with Crippen molar-refractivity contribution in [1.82, 2.24) is 0 Å². The molecule has 35 heavy (non-hydrogen) atoms. The minimum atomic E-state index is -0.640. The molecule has 0 aliphatic rings. The van der Waals surface area contributed by atoms with Crippen LogP contribution in [0.15, 0.2) is 60.7 Å². The molecule has 2 amide bonds. The maximum Gasteiger partial charge on any atom is 0.412 e. The molecule has 0 aliphatic carbocycles. The maximum absolute atomic E-state index is 12.5. The highest BCUT2D eigenvalue weighted by atomic mass is 35.5. The number of ether oxygens (including phenoxy) is 2. The number of amides is 2. The first-order valence-corrected chi connectivity index (χ1v) is 11.0. The predicted octanol–water partition coefficient (Wildman–Crippen LogP) is 7.29. The van der Waals surface area contributed by atoms with Crippen molar-refractivity contribution in [3.05, 3.63) is 86.4 Å². The molecule has 0 spiro atoms. The number of hydrogen-bond donors (Lipinski definition) is 2. The van der Waals surface area contributed by atoms with Crippen LogP contribution in [0.1, 0.15) is 31.1 Å². The van der Waals surface area contributed by atoms with Gasteiger partial charge in [0.1, 0.15) is 11.4 Å². The molecule has 0 bridgehead atoms. The van der Waals surface area contributed by atoms with Gasteiger partial charge in [0, 0.05) is 33.0 Å². The highest BCUT2D eigenvalue weighted by Gasteiger charge is 2.19. The molecule has 2 N–H and O–H groups in total. The Morgan fingerprint density at radius 1 is 0.886 bits per heavy atom. The van der Waals surface area contributed by atoms with Gasteiger partial charge in [0.05, 0.1) is 4.92 Å². The van der Waals surface area contributed by atoms with Crippen LogP contribution in [0.5, 0.6) is 11.5 Å². The van der Waals surface area contributed by atoms with E-state index in [0.29, 0.717) is 11.4 Å². The molecule has 0 saturated carbocycles. The van der Waals surface area contributed by atoms with Crippen molar-refractivity contribution in [1.29, 1.82) is 0 Å². The molecule has 3 aromatic carbocycles. The Kier molecular flexibility index (Phi) is 7.83. The zero-order valence-corrected chi connectivity index (χ0v) is 20.4. The number of carbonyl (C=O) groups is 2. The van der Waals surface area contributed by atoms with Gasteiger partial charge >= 0.3 is 11.8 Å². The fraction of sp³-hybridized carbons (Fsp3) is 0.167. The van der Waals surface area contributed by atoms with Crippen LogP contribution >= 0.6 is 23.2 Å². The number of halogens is 2. The van der Waals surface area contributed by atoms with E-state index in [1.165, 1.54) is 48.5 Å². The van der Waals surface area contributed by atoms with Gasteiger partial charge in [0.2, 0.25) is 5.75 Å². The maximum atomic E-state index is 12.5. The van der Waals surface area contributed by atoms with Crippen LogP contribution in [0, 0.1) is 10.1 Å². The minimum absolute atomic E-state index is 0.0355. The second-order valence-electron chi connectivity index (χ2n) is 8.31. The Morgan fingerprint density at radius 2 is 1.49 bits per heavy atom. The number of carbonyl (C=O) groups excluding carboxylic acids is 2. The number of nitrogens with zero attached hydrogens (tertiary/aromatic N) is 1. The number of anilines is 2. The molecule has 182 valence electrons. The summed E-state index contributed by atoms with van der Waals surface area (Å²) in [5, 5.41) is 17.3. The molecule has 0 aromatic heterocycles. The van der Waals surface area contributed by atoms with Crippen LogP contribution < -0.4 is 15.4 Å². The summed E-state index contributed by atoms with van der Waals surface area (Å²) in [7, 11) is 0. The molecule has 3 rings (SSSR count). The lowest BCUT2D eigenvalue weighted by Gasteiger charge is -2.19. The summed E-state index contributed by atoms with van der Waals surface area (Å²) in [6.07, 6.45) is -0.612. The van der Waals surface area contributed by atoms with Gasteiger partial charge in [-0.2, -0.15) is 0 Å². The highest BCUT2D eigenvalue weighted by Crippen LogP contribution is 2.34. The lowest BCUT2D eigenvalue weighted by atomic mass is 10.2. The largest absolute Gasteiger partial charge is 0.450 e. The second-order valence-corrected chi connectivity index (χ2v) is 9.18. The number of hydrogen-bond acceptors (Lipinski definition) is 6. The molecular formula is C24H21Cl2N3O6. The minimum Gasteiger partial charge on any atom is -0.450 e. The molecule has 0 unspecified atom stereocenters.